The van der Waals surface area contributed by atoms with Crippen molar-refractivity contribution in [3.05, 3.63) is 68.2 Å². The SMILES string of the molecule is Cc1cc(Br)ccc1OCC(=O)ON=C(N)Cc1ccc([N+](=O)[O-])cc1. The van der Waals surface area contributed by atoms with Crippen LogP contribution < -0.4 is 10.5 Å². The van der Waals surface area contributed by atoms with E-state index in [1.165, 1.54) is 12.1 Å². The van der Waals surface area contributed by atoms with Gasteiger partial charge in [-0.15, -0.1) is 0 Å². The van der Waals surface area contributed by atoms with E-state index < -0.39 is 10.9 Å². The summed E-state index contributed by atoms with van der Waals surface area (Å²) in [5.74, 6) is -0.0704. The minimum Gasteiger partial charge on any atom is -0.482 e. The number of aryl methyl sites for hydroxylation is 1. The van der Waals surface area contributed by atoms with E-state index in [-0.39, 0.29) is 24.6 Å². The molecule has 0 fully saturated rings. The number of ether oxygens (including phenoxy) is 1. The summed E-state index contributed by atoms with van der Waals surface area (Å²) in [6, 6.07) is 11.2. The Labute approximate surface area is 157 Å². The van der Waals surface area contributed by atoms with Gasteiger partial charge < -0.3 is 15.3 Å². The first kappa shape index (κ1) is 19.4. The standard InChI is InChI=1S/C17H16BrN3O5/c1-11-8-13(18)4-7-15(11)25-10-17(22)26-20-16(19)9-12-2-5-14(6-3-12)21(23)24/h2-8H,9-10H2,1H3,(H2,19,20). The van der Waals surface area contributed by atoms with E-state index in [0.717, 1.165) is 10.0 Å². The highest BCUT2D eigenvalue weighted by atomic mass is 79.9. The summed E-state index contributed by atoms with van der Waals surface area (Å²) in [5.41, 5.74) is 7.25. The number of nitrogens with two attached hydrogens (primary N) is 1. The van der Waals surface area contributed by atoms with Gasteiger partial charge in [-0.2, -0.15) is 0 Å². The van der Waals surface area contributed by atoms with Crippen molar-refractivity contribution in [3.8, 4) is 5.75 Å². The molecular weight excluding hydrogens is 406 g/mol. The summed E-state index contributed by atoms with van der Waals surface area (Å²) in [5, 5.41) is 14.1. The summed E-state index contributed by atoms with van der Waals surface area (Å²) in [6.07, 6.45) is 0.192. The summed E-state index contributed by atoms with van der Waals surface area (Å²) < 4.78 is 6.28. The highest BCUT2D eigenvalue weighted by Gasteiger charge is 2.08. The van der Waals surface area contributed by atoms with Crippen LogP contribution in [0.25, 0.3) is 0 Å². The average Bonchev–Trinajstić information content (AvgIpc) is 2.59. The van der Waals surface area contributed by atoms with Crippen molar-refractivity contribution in [2.24, 2.45) is 10.9 Å². The second-order valence-corrected chi connectivity index (χ2v) is 6.26. The van der Waals surface area contributed by atoms with Crippen LogP contribution in [0.4, 0.5) is 5.69 Å². The summed E-state index contributed by atoms with van der Waals surface area (Å²) in [4.78, 5) is 26.5. The number of benzene rings is 2. The molecule has 0 aliphatic heterocycles. The van der Waals surface area contributed by atoms with E-state index in [1.807, 2.05) is 13.0 Å². The van der Waals surface area contributed by atoms with Gasteiger partial charge in [0.2, 0.25) is 0 Å². The molecule has 2 N–H and O–H groups in total. The number of hydrogen-bond donors (Lipinski definition) is 1. The Kier molecular flexibility index (Phi) is 6.67. The predicted molar refractivity (Wildman–Crippen MR) is 98.9 cm³/mol. The van der Waals surface area contributed by atoms with Crippen LogP contribution in [0.3, 0.4) is 0 Å². The maximum atomic E-state index is 11.7. The lowest BCUT2D eigenvalue weighted by Gasteiger charge is -2.07. The Balaban J connectivity index is 1.83. The third kappa shape index (κ3) is 5.85. The highest BCUT2D eigenvalue weighted by molar-refractivity contribution is 9.10. The smallest absolute Gasteiger partial charge is 0.372 e. The molecule has 0 heterocycles. The van der Waals surface area contributed by atoms with Crippen molar-refractivity contribution in [1.29, 1.82) is 0 Å². The molecule has 0 atom stereocenters. The molecule has 0 bridgehead atoms. The molecule has 9 heteroatoms. The zero-order chi connectivity index (χ0) is 19.1. The maximum Gasteiger partial charge on any atom is 0.372 e. The number of non-ortho nitro benzene ring substituents is 1. The average molecular weight is 422 g/mol. The number of rotatable bonds is 7. The van der Waals surface area contributed by atoms with Gasteiger partial charge in [0.1, 0.15) is 11.6 Å². The van der Waals surface area contributed by atoms with Crippen molar-refractivity contribution in [1.82, 2.24) is 0 Å². The fraction of sp³-hybridized carbons (Fsp3) is 0.176. The lowest BCUT2D eigenvalue weighted by atomic mass is 10.1. The van der Waals surface area contributed by atoms with E-state index in [9.17, 15) is 14.9 Å². The highest BCUT2D eigenvalue weighted by Crippen LogP contribution is 2.22. The number of halogens is 1. The van der Waals surface area contributed by atoms with E-state index in [0.29, 0.717) is 11.3 Å². The molecule has 0 unspecified atom stereocenters. The first-order valence-electron chi connectivity index (χ1n) is 7.49. The summed E-state index contributed by atoms with van der Waals surface area (Å²) in [6.45, 7) is 1.54. The van der Waals surface area contributed by atoms with Crippen molar-refractivity contribution < 1.29 is 19.3 Å². The number of carbonyl (C=O) groups is 1. The predicted octanol–water partition coefficient (Wildman–Crippen LogP) is 3.10. The molecular formula is C17H16BrN3O5. The van der Waals surface area contributed by atoms with Crippen LogP contribution in [0.15, 0.2) is 52.1 Å². The molecule has 0 amide bonds. The van der Waals surface area contributed by atoms with Crippen LogP contribution >= 0.6 is 15.9 Å². The molecule has 136 valence electrons. The first-order chi connectivity index (χ1) is 12.3. The quantitative estimate of drug-likeness (QED) is 0.241. The molecule has 0 saturated carbocycles. The fourth-order valence-corrected chi connectivity index (χ4v) is 2.50. The number of carbonyl (C=O) groups excluding carboxylic acids is 1. The van der Waals surface area contributed by atoms with Gasteiger partial charge >= 0.3 is 5.97 Å². The van der Waals surface area contributed by atoms with Crippen LogP contribution in [-0.4, -0.2) is 23.3 Å². The topological polar surface area (TPSA) is 117 Å². The molecule has 0 spiro atoms. The summed E-state index contributed by atoms with van der Waals surface area (Å²) >= 11 is 3.34. The van der Waals surface area contributed by atoms with Crippen molar-refractivity contribution >= 4 is 33.4 Å². The van der Waals surface area contributed by atoms with E-state index in [4.69, 9.17) is 15.3 Å². The number of nitro groups is 1. The first-order valence-corrected chi connectivity index (χ1v) is 8.29. The fourth-order valence-electron chi connectivity index (χ4n) is 2.02. The monoisotopic (exact) mass is 421 g/mol. The Morgan fingerprint density at radius 2 is 1.96 bits per heavy atom. The number of nitro benzene ring substituents is 1. The van der Waals surface area contributed by atoms with Gasteiger partial charge in [0, 0.05) is 23.0 Å². The minimum atomic E-state index is -0.695. The Bertz CT molecular complexity index is 837. The maximum absolute atomic E-state index is 11.7. The van der Waals surface area contributed by atoms with E-state index >= 15 is 0 Å². The van der Waals surface area contributed by atoms with Gasteiger partial charge in [0.25, 0.3) is 5.69 Å². The Hall–Kier alpha value is -2.94. The van der Waals surface area contributed by atoms with Gasteiger partial charge in [0.05, 0.1) is 4.92 Å². The molecule has 0 aliphatic rings. The Morgan fingerprint density at radius 1 is 1.27 bits per heavy atom. The van der Waals surface area contributed by atoms with Crippen LogP contribution in [0, 0.1) is 17.0 Å². The molecule has 8 nitrogen and oxygen atoms in total. The molecule has 2 rings (SSSR count). The van der Waals surface area contributed by atoms with E-state index in [1.54, 1.807) is 24.3 Å². The van der Waals surface area contributed by atoms with Crippen LogP contribution in [0.1, 0.15) is 11.1 Å². The third-order valence-electron chi connectivity index (χ3n) is 3.28. The van der Waals surface area contributed by atoms with Gasteiger partial charge in [-0.3, -0.25) is 10.1 Å². The number of nitrogens with zero attached hydrogens (tertiary/aromatic N) is 2. The van der Waals surface area contributed by atoms with Crippen molar-refractivity contribution in [3.63, 3.8) is 0 Å². The molecule has 0 radical (unpaired) electrons. The lowest BCUT2D eigenvalue weighted by Crippen LogP contribution is -2.19. The third-order valence-corrected chi connectivity index (χ3v) is 3.77. The number of amidine groups is 1. The van der Waals surface area contributed by atoms with Crippen LogP contribution in [0.5, 0.6) is 5.75 Å². The van der Waals surface area contributed by atoms with Gasteiger partial charge in [-0.05, 0) is 36.2 Å². The lowest BCUT2D eigenvalue weighted by molar-refractivity contribution is -0.384. The van der Waals surface area contributed by atoms with Crippen LogP contribution in [-0.2, 0) is 16.1 Å². The molecule has 26 heavy (non-hydrogen) atoms. The van der Waals surface area contributed by atoms with Crippen molar-refractivity contribution in [2.75, 3.05) is 6.61 Å². The largest absolute Gasteiger partial charge is 0.482 e. The van der Waals surface area contributed by atoms with Crippen LogP contribution in [0.2, 0.25) is 0 Å². The minimum absolute atomic E-state index is 0.0175. The Morgan fingerprint density at radius 3 is 2.58 bits per heavy atom. The van der Waals surface area contributed by atoms with Gasteiger partial charge in [-0.1, -0.05) is 33.2 Å². The molecule has 2 aromatic carbocycles. The molecule has 0 saturated heterocycles. The zero-order valence-corrected chi connectivity index (χ0v) is 15.4. The molecule has 0 aromatic heterocycles. The van der Waals surface area contributed by atoms with E-state index in [2.05, 4.69) is 21.1 Å². The normalized spacial score (nSPS) is 11.1. The second kappa shape index (κ2) is 8.95. The second-order valence-electron chi connectivity index (χ2n) is 5.34. The van der Waals surface area contributed by atoms with Crippen molar-refractivity contribution in [2.45, 2.75) is 13.3 Å². The number of oxime groups is 1. The summed E-state index contributed by atoms with van der Waals surface area (Å²) in [7, 11) is 0. The van der Waals surface area contributed by atoms with Gasteiger partial charge in [-0.25, -0.2) is 4.79 Å². The van der Waals surface area contributed by atoms with Gasteiger partial charge in [0.15, 0.2) is 6.61 Å². The zero-order valence-electron chi connectivity index (χ0n) is 13.8. The number of hydrogen-bond acceptors (Lipinski definition) is 6. The molecule has 0 aliphatic carbocycles. The molecule has 2 aromatic rings.